The molecule has 2 heterocycles. The fourth-order valence-electron chi connectivity index (χ4n) is 3.75. The molecule has 2 aromatic carbocycles. The first-order valence-corrected chi connectivity index (χ1v) is 10.8. The van der Waals surface area contributed by atoms with Crippen molar-refractivity contribution in [3.05, 3.63) is 46.5 Å². The molecule has 31 heavy (non-hydrogen) atoms. The Morgan fingerprint density at radius 2 is 1.71 bits per heavy atom. The maximum Gasteiger partial charge on any atom is 0.324 e. The highest BCUT2D eigenvalue weighted by atomic mass is 31.2. The van der Waals surface area contributed by atoms with Gasteiger partial charge in [-0.15, -0.1) is 0 Å². The lowest BCUT2D eigenvalue weighted by molar-refractivity contribution is 0.0990. The average molecular weight is 451 g/mol. The Bertz CT molecular complexity index is 947. The van der Waals surface area contributed by atoms with Gasteiger partial charge in [-0.3, -0.25) is 4.79 Å². The van der Waals surface area contributed by atoms with E-state index >= 15 is 0 Å². The summed E-state index contributed by atoms with van der Waals surface area (Å²) in [6, 6.07) is 7.58. The van der Waals surface area contributed by atoms with Gasteiger partial charge in [-0.25, -0.2) is 0 Å². The molecule has 9 nitrogen and oxygen atoms in total. The number of methoxy groups -OCH3 is 2. The van der Waals surface area contributed by atoms with Gasteiger partial charge >= 0.3 is 8.60 Å². The van der Waals surface area contributed by atoms with Crippen LogP contribution in [-0.2, 0) is 19.4 Å². The summed E-state index contributed by atoms with van der Waals surface area (Å²) in [6.07, 6.45) is 1.06. The maximum absolute atomic E-state index is 13.1. The van der Waals surface area contributed by atoms with E-state index in [1.165, 1.54) is 0 Å². The monoisotopic (exact) mass is 451 g/mol. The van der Waals surface area contributed by atoms with Crippen molar-refractivity contribution in [2.75, 3.05) is 34.6 Å². The molecule has 0 bridgehead atoms. The van der Waals surface area contributed by atoms with Crippen LogP contribution in [0.25, 0.3) is 0 Å². The number of hydrogen-bond acceptors (Lipinski definition) is 9. The number of ether oxygens (including phenoxy) is 4. The van der Waals surface area contributed by atoms with Crippen LogP contribution >= 0.6 is 8.60 Å². The minimum absolute atomic E-state index is 0.0707. The Kier molecular flexibility index (Phi) is 7.69. The van der Waals surface area contributed by atoms with Crippen LogP contribution in [-0.4, -0.2) is 60.0 Å². The quantitative estimate of drug-likeness (QED) is 0.590. The largest absolute Gasteiger partial charge is 0.493 e. The summed E-state index contributed by atoms with van der Waals surface area (Å²) < 4.78 is 22.0. The number of ketones is 1. The first-order chi connectivity index (χ1) is 14.8. The lowest BCUT2D eigenvalue weighted by Gasteiger charge is -2.24. The molecule has 4 rings (SSSR count). The highest BCUT2D eigenvalue weighted by Crippen LogP contribution is 2.38. The molecule has 0 atom stereocenters. The number of hydrogen-bond donors (Lipinski definition) is 3. The summed E-state index contributed by atoms with van der Waals surface area (Å²) in [5.41, 5.74) is 3.65. The van der Waals surface area contributed by atoms with Crippen LogP contribution in [0, 0.1) is 0 Å². The average Bonchev–Trinajstić information content (AvgIpc) is 3.19. The van der Waals surface area contributed by atoms with Gasteiger partial charge in [0.2, 0.25) is 6.79 Å². The summed E-state index contributed by atoms with van der Waals surface area (Å²) in [5.74, 6) is 2.80. The Morgan fingerprint density at radius 3 is 2.35 bits per heavy atom. The van der Waals surface area contributed by atoms with Crippen LogP contribution < -0.4 is 18.9 Å². The maximum atomic E-state index is 13.1. The standard InChI is InChI=1S/C21H23NO5.H3O3P/c1-22-7-6-14-9-19-20(27-12-26-19)10-15(14)17(23)8-13-4-5-18(24-2)21(25-3)16(13)11-22;1-4(2)3/h4-5,9-10H,6-8,11-12H2,1-3H3;1-3H. The van der Waals surface area contributed by atoms with Crippen LogP contribution in [0.4, 0.5) is 0 Å². The summed E-state index contributed by atoms with van der Waals surface area (Å²) >= 11 is 0. The van der Waals surface area contributed by atoms with Gasteiger partial charge in [0.15, 0.2) is 28.8 Å². The third kappa shape index (κ3) is 5.44. The second kappa shape index (κ2) is 10.3. The van der Waals surface area contributed by atoms with E-state index in [-0.39, 0.29) is 12.6 Å². The summed E-state index contributed by atoms with van der Waals surface area (Å²) in [6.45, 7) is 1.69. The fraction of sp³-hybridized carbons (Fsp3) is 0.381. The Labute approximate surface area is 181 Å². The second-order valence-corrected chi connectivity index (χ2v) is 7.69. The molecule has 168 valence electrons. The van der Waals surface area contributed by atoms with Crippen LogP contribution in [0.5, 0.6) is 23.0 Å². The zero-order chi connectivity index (χ0) is 22.5. The van der Waals surface area contributed by atoms with Crippen LogP contribution in [0.3, 0.4) is 0 Å². The molecular weight excluding hydrogens is 425 g/mol. The van der Waals surface area contributed by atoms with Gasteiger partial charge < -0.3 is 38.5 Å². The van der Waals surface area contributed by atoms with Crippen molar-refractivity contribution in [1.82, 2.24) is 4.90 Å². The normalized spacial score (nSPS) is 15.5. The number of likely N-dealkylation sites (N-methyl/N-ethyl adjacent to an activating group) is 1. The van der Waals surface area contributed by atoms with Crippen molar-refractivity contribution in [3.8, 4) is 23.0 Å². The number of carbonyl (C=O) groups excluding carboxylic acids is 1. The summed E-state index contributed by atoms with van der Waals surface area (Å²) in [5, 5.41) is 0. The number of rotatable bonds is 2. The molecule has 0 saturated carbocycles. The predicted octanol–water partition coefficient (Wildman–Crippen LogP) is 2.04. The molecule has 2 aliphatic rings. The highest BCUT2D eigenvalue weighted by molar-refractivity contribution is 7.38. The second-order valence-electron chi connectivity index (χ2n) is 7.16. The van der Waals surface area contributed by atoms with E-state index in [0.717, 1.165) is 29.7 Å². The van der Waals surface area contributed by atoms with E-state index in [0.29, 0.717) is 41.5 Å². The molecular formula is C21H26NO8P. The number of nitrogens with zero attached hydrogens (tertiary/aromatic N) is 1. The van der Waals surface area contributed by atoms with E-state index in [2.05, 4.69) is 11.9 Å². The number of carbonyl (C=O) groups is 1. The number of benzene rings is 2. The van der Waals surface area contributed by atoms with Crippen molar-refractivity contribution in [2.24, 2.45) is 0 Å². The predicted molar refractivity (Wildman–Crippen MR) is 114 cm³/mol. The minimum Gasteiger partial charge on any atom is -0.493 e. The van der Waals surface area contributed by atoms with Gasteiger partial charge in [-0.2, -0.15) is 0 Å². The molecule has 0 spiro atoms. The van der Waals surface area contributed by atoms with Gasteiger partial charge in [0.1, 0.15) is 0 Å². The van der Waals surface area contributed by atoms with E-state index in [4.69, 9.17) is 33.6 Å². The van der Waals surface area contributed by atoms with Crippen molar-refractivity contribution in [3.63, 3.8) is 0 Å². The molecule has 0 unspecified atom stereocenters. The first-order valence-electron chi connectivity index (χ1n) is 9.57. The minimum atomic E-state index is -2.62. The SMILES string of the molecule is COc1ccc2c(c1OC)CN(C)CCc1cc3c(cc1C(=O)C2)OCO3.OP(O)O. The molecule has 3 N–H and O–H groups in total. The number of fused-ring (bicyclic) bond motifs is 3. The van der Waals surface area contributed by atoms with Gasteiger partial charge in [0, 0.05) is 30.6 Å². The Hall–Kier alpha value is -2.42. The molecule has 2 aliphatic heterocycles. The smallest absolute Gasteiger partial charge is 0.324 e. The van der Waals surface area contributed by atoms with Gasteiger partial charge in [-0.1, -0.05) is 6.07 Å². The van der Waals surface area contributed by atoms with Crippen LogP contribution in [0.2, 0.25) is 0 Å². The Morgan fingerprint density at radius 1 is 1.03 bits per heavy atom. The van der Waals surface area contributed by atoms with Gasteiger partial charge in [-0.05, 0) is 42.8 Å². The first kappa shape index (κ1) is 23.2. The molecule has 10 heteroatoms. The third-order valence-electron chi connectivity index (χ3n) is 5.19. The van der Waals surface area contributed by atoms with Crippen molar-refractivity contribution in [1.29, 1.82) is 0 Å². The van der Waals surface area contributed by atoms with Crippen LogP contribution in [0.15, 0.2) is 24.3 Å². The third-order valence-corrected chi connectivity index (χ3v) is 5.19. The number of Topliss-reactive ketones (excluding diaryl/α,β-unsaturated/α-hetero) is 1. The zero-order valence-electron chi connectivity index (χ0n) is 17.6. The topological polar surface area (TPSA) is 118 Å². The molecule has 0 amide bonds. The van der Waals surface area contributed by atoms with Crippen LogP contribution in [0.1, 0.15) is 27.0 Å². The molecule has 0 fully saturated rings. The van der Waals surface area contributed by atoms with E-state index in [1.54, 1.807) is 14.2 Å². The zero-order valence-corrected chi connectivity index (χ0v) is 18.5. The summed E-state index contributed by atoms with van der Waals surface area (Å²) in [4.78, 5) is 37.1. The van der Waals surface area contributed by atoms with E-state index < -0.39 is 8.60 Å². The lowest BCUT2D eigenvalue weighted by atomic mass is 9.92. The molecule has 0 radical (unpaired) electrons. The van der Waals surface area contributed by atoms with Crippen molar-refractivity contribution >= 4 is 14.4 Å². The van der Waals surface area contributed by atoms with E-state index in [1.807, 2.05) is 24.3 Å². The highest BCUT2D eigenvalue weighted by Gasteiger charge is 2.25. The van der Waals surface area contributed by atoms with Gasteiger partial charge in [0.25, 0.3) is 0 Å². The van der Waals surface area contributed by atoms with Crippen molar-refractivity contribution in [2.45, 2.75) is 19.4 Å². The van der Waals surface area contributed by atoms with Crippen molar-refractivity contribution < 1.29 is 38.4 Å². The molecule has 2 aromatic rings. The molecule has 0 aromatic heterocycles. The van der Waals surface area contributed by atoms with Gasteiger partial charge in [0.05, 0.1) is 14.2 Å². The lowest BCUT2D eigenvalue weighted by Crippen LogP contribution is -2.24. The summed E-state index contributed by atoms with van der Waals surface area (Å²) in [7, 11) is 2.70. The van der Waals surface area contributed by atoms with E-state index in [9.17, 15) is 4.79 Å². The fourth-order valence-corrected chi connectivity index (χ4v) is 3.75. The Balaban J connectivity index is 0.000000628. The molecule has 0 aliphatic carbocycles. The molecule has 0 saturated heterocycles.